The molecule has 11 heteroatoms. The second kappa shape index (κ2) is 9.00. The van der Waals surface area contributed by atoms with Crippen LogP contribution in [0.25, 0.3) is 0 Å². The van der Waals surface area contributed by atoms with Gasteiger partial charge in [0.2, 0.25) is 0 Å². The second-order valence-corrected chi connectivity index (χ2v) is 9.48. The Morgan fingerprint density at radius 1 is 1.12 bits per heavy atom. The molecule has 3 aromatic carbocycles. The van der Waals surface area contributed by atoms with Gasteiger partial charge in [0.05, 0.1) is 6.04 Å². The molecule has 0 aromatic heterocycles. The molecule has 3 aromatic rings. The van der Waals surface area contributed by atoms with Crippen LogP contribution in [-0.4, -0.2) is 17.3 Å². The molecule has 2 N–H and O–H groups in total. The molecule has 1 unspecified atom stereocenters. The van der Waals surface area contributed by atoms with Crippen LogP contribution in [0.3, 0.4) is 0 Å². The standard InChI is InChI=1S/C22H12BrClF4N2O2S/c23-11-7-15-18(19(30-21(15)32)14-9-12(25)4-5-16(14)24)17(8-11)29-20(31)10-2-1-3-13(6-10)33-22(26,27)28/h1-9,19H,(H,29,31)(H,30,32). The summed E-state index contributed by atoms with van der Waals surface area (Å²) in [6, 6.07) is 11.1. The fraction of sp³-hybridized carbons (Fsp3) is 0.0909. The summed E-state index contributed by atoms with van der Waals surface area (Å²) >= 11 is 9.20. The summed E-state index contributed by atoms with van der Waals surface area (Å²) < 4.78 is 52.5. The van der Waals surface area contributed by atoms with Gasteiger partial charge in [-0.25, -0.2) is 4.39 Å². The van der Waals surface area contributed by atoms with E-state index in [9.17, 15) is 27.2 Å². The number of fused-ring (bicyclic) bond motifs is 1. The van der Waals surface area contributed by atoms with Crippen LogP contribution in [0.2, 0.25) is 5.02 Å². The summed E-state index contributed by atoms with van der Waals surface area (Å²) in [7, 11) is 0. The number of hydrogen-bond donors (Lipinski definition) is 2. The van der Waals surface area contributed by atoms with E-state index in [1.165, 1.54) is 36.4 Å². The number of alkyl halides is 3. The molecule has 1 atom stereocenters. The number of thioether (sulfide) groups is 1. The van der Waals surface area contributed by atoms with Crippen LogP contribution in [0.5, 0.6) is 0 Å². The van der Waals surface area contributed by atoms with E-state index in [4.69, 9.17) is 11.6 Å². The van der Waals surface area contributed by atoms with Crippen LogP contribution in [0, 0.1) is 5.82 Å². The Morgan fingerprint density at radius 3 is 2.61 bits per heavy atom. The van der Waals surface area contributed by atoms with Crippen molar-refractivity contribution in [1.82, 2.24) is 5.32 Å². The van der Waals surface area contributed by atoms with E-state index in [1.54, 1.807) is 12.1 Å². The number of rotatable bonds is 4. The maximum atomic E-state index is 13.9. The number of hydrogen-bond acceptors (Lipinski definition) is 3. The molecular formula is C22H12BrClF4N2O2S. The van der Waals surface area contributed by atoms with Gasteiger partial charge in [-0.15, -0.1) is 0 Å². The van der Waals surface area contributed by atoms with Crippen molar-refractivity contribution in [1.29, 1.82) is 0 Å². The van der Waals surface area contributed by atoms with Gasteiger partial charge in [-0.1, -0.05) is 33.6 Å². The molecule has 33 heavy (non-hydrogen) atoms. The number of anilines is 1. The number of carbonyl (C=O) groups excluding carboxylic acids is 2. The molecular weight excluding hydrogens is 548 g/mol. The molecule has 1 aliphatic rings. The van der Waals surface area contributed by atoms with Crippen molar-refractivity contribution in [3.63, 3.8) is 0 Å². The van der Waals surface area contributed by atoms with Crippen LogP contribution in [0.4, 0.5) is 23.2 Å². The molecule has 1 aliphatic heterocycles. The predicted molar refractivity (Wildman–Crippen MR) is 121 cm³/mol. The molecule has 170 valence electrons. The maximum absolute atomic E-state index is 13.9. The number of carbonyl (C=O) groups is 2. The zero-order valence-corrected chi connectivity index (χ0v) is 19.4. The normalized spacial score (nSPS) is 15.2. The fourth-order valence-corrected chi connectivity index (χ4v) is 4.78. The van der Waals surface area contributed by atoms with E-state index < -0.39 is 29.2 Å². The third kappa shape index (κ3) is 5.18. The van der Waals surface area contributed by atoms with Crippen molar-refractivity contribution in [2.24, 2.45) is 0 Å². The van der Waals surface area contributed by atoms with Gasteiger partial charge in [0.1, 0.15) is 5.82 Å². The molecule has 4 rings (SSSR count). The van der Waals surface area contributed by atoms with Crippen molar-refractivity contribution >= 4 is 56.8 Å². The Bertz CT molecular complexity index is 1290. The Hall–Kier alpha value is -2.56. The Balaban J connectivity index is 1.72. The fourth-order valence-electron chi connectivity index (χ4n) is 3.50. The zero-order chi connectivity index (χ0) is 23.9. The minimum atomic E-state index is -4.50. The first-order valence-corrected chi connectivity index (χ1v) is 11.3. The monoisotopic (exact) mass is 558 g/mol. The highest BCUT2D eigenvalue weighted by molar-refractivity contribution is 9.10. The van der Waals surface area contributed by atoms with Crippen LogP contribution in [0.15, 0.2) is 64.0 Å². The maximum Gasteiger partial charge on any atom is 0.446 e. The van der Waals surface area contributed by atoms with Gasteiger partial charge < -0.3 is 10.6 Å². The van der Waals surface area contributed by atoms with Crippen molar-refractivity contribution in [2.45, 2.75) is 16.4 Å². The third-order valence-corrected chi connectivity index (χ3v) is 6.32. The molecule has 2 amide bonds. The first-order chi connectivity index (χ1) is 15.5. The van der Waals surface area contributed by atoms with Gasteiger partial charge >= 0.3 is 5.51 Å². The lowest BCUT2D eigenvalue weighted by molar-refractivity contribution is -0.0328. The van der Waals surface area contributed by atoms with Crippen LogP contribution in [-0.2, 0) is 0 Å². The highest BCUT2D eigenvalue weighted by atomic mass is 79.9. The zero-order valence-electron chi connectivity index (χ0n) is 16.3. The lowest BCUT2D eigenvalue weighted by atomic mass is 9.96. The summed E-state index contributed by atoms with van der Waals surface area (Å²) in [6.07, 6.45) is 0. The van der Waals surface area contributed by atoms with Crippen molar-refractivity contribution in [3.05, 3.63) is 92.2 Å². The minimum absolute atomic E-state index is 0.00408. The van der Waals surface area contributed by atoms with Gasteiger partial charge in [-0.05, 0) is 60.3 Å². The molecule has 0 bridgehead atoms. The average Bonchev–Trinajstić information content (AvgIpc) is 3.05. The Morgan fingerprint density at radius 2 is 1.88 bits per heavy atom. The van der Waals surface area contributed by atoms with Gasteiger partial charge in [-0.3, -0.25) is 9.59 Å². The molecule has 0 aliphatic carbocycles. The SMILES string of the molecule is O=C(Nc1cc(Br)cc2c1C(c1cc(F)ccc1Cl)NC2=O)c1cccc(SC(F)(F)F)c1. The molecule has 0 saturated carbocycles. The molecule has 0 radical (unpaired) electrons. The number of nitrogens with one attached hydrogen (secondary N) is 2. The van der Waals surface area contributed by atoms with Crippen molar-refractivity contribution in [3.8, 4) is 0 Å². The van der Waals surface area contributed by atoms with E-state index in [-0.39, 0.29) is 38.5 Å². The summed E-state index contributed by atoms with van der Waals surface area (Å²) in [5.41, 5.74) is -3.37. The van der Waals surface area contributed by atoms with Crippen LogP contribution in [0.1, 0.15) is 37.9 Å². The van der Waals surface area contributed by atoms with E-state index in [0.717, 1.165) is 6.07 Å². The lowest BCUT2D eigenvalue weighted by Crippen LogP contribution is -2.21. The first-order valence-electron chi connectivity index (χ1n) is 9.28. The van der Waals surface area contributed by atoms with Gasteiger partial charge in [-0.2, -0.15) is 13.2 Å². The smallest absolute Gasteiger partial charge is 0.341 e. The quantitative estimate of drug-likeness (QED) is 0.269. The van der Waals surface area contributed by atoms with Gasteiger partial charge in [0.25, 0.3) is 11.8 Å². The van der Waals surface area contributed by atoms with Crippen molar-refractivity contribution in [2.75, 3.05) is 5.32 Å². The molecule has 0 fully saturated rings. The summed E-state index contributed by atoms with van der Waals surface area (Å²) in [6.45, 7) is 0. The number of halogens is 6. The number of benzene rings is 3. The van der Waals surface area contributed by atoms with Crippen LogP contribution >= 0.6 is 39.3 Å². The molecule has 4 nitrogen and oxygen atoms in total. The van der Waals surface area contributed by atoms with Gasteiger partial charge in [0, 0.05) is 42.3 Å². The topological polar surface area (TPSA) is 58.2 Å². The first kappa shape index (κ1) is 23.6. The van der Waals surface area contributed by atoms with E-state index in [1.807, 2.05) is 0 Å². The summed E-state index contributed by atoms with van der Waals surface area (Å²) in [5, 5.41) is 5.60. The van der Waals surface area contributed by atoms with E-state index >= 15 is 0 Å². The highest BCUT2D eigenvalue weighted by Gasteiger charge is 2.35. The lowest BCUT2D eigenvalue weighted by Gasteiger charge is -2.18. The van der Waals surface area contributed by atoms with E-state index in [2.05, 4.69) is 26.6 Å². The highest BCUT2D eigenvalue weighted by Crippen LogP contribution is 2.41. The Labute approximate surface area is 202 Å². The molecule has 0 spiro atoms. The third-order valence-electron chi connectivity index (χ3n) is 4.80. The average molecular weight is 560 g/mol. The largest absolute Gasteiger partial charge is 0.446 e. The molecule has 1 heterocycles. The molecule has 0 saturated heterocycles. The second-order valence-electron chi connectivity index (χ2n) is 7.02. The summed E-state index contributed by atoms with van der Waals surface area (Å²) in [4.78, 5) is 25.3. The minimum Gasteiger partial charge on any atom is -0.341 e. The van der Waals surface area contributed by atoms with E-state index in [0.29, 0.717) is 15.6 Å². The summed E-state index contributed by atoms with van der Waals surface area (Å²) in [5.74, 6) is -1.68. The Kier molecular flexibility index (Phi) is 6.43. The van der Waals surface area contributed by atoms with Gasteiger partial charge in [0.15, 0.2) is 0 Å². The van der Waals surface area contributed by atoms with Crippen LogP contribution < -0.4 is 10.6 Å². The van der Waals surface area contributed by atoms with Crippen molar-refractivity contribution < 1.29 is 27.2 Å². The predicted octanol–water partition coefficient (Wildman–Crippen LogP) is 6.94. The number of amides is 2.